The second kappa shape index (κ2) is 9.12. The molecule has 156 valence electrons. The standard InChI is InChI=1S/C19H20N6O5/c1-25(2)11-3-4-13-15(9-11)30-18-16(23-13)12(10-14(26)17(18)27)19(28)21-5-7-29-8-6-22-24-20/h3-4,9-10,23H,5-8H2,1-2H3,(H,21,28). The van der Waals surface area contributed by atoms with Gasteiger partial charge in [0.15, 0.2) is 5.58 Å². The van der Waals surface area contributed by atoms with E-state index >= 15 is 0 Å². The summed E-state index contributed by atoms with van der Waals surface area (Å²) in [6, 6.07) is 6.35. The van der Waals surface area contributed by atoms with E-state index in [0.29, 0.717) is 11.1 Å². The van der Waals surface area contributed by atoms with Crippen molar-refractivity contribution >= 4 is 22.7 Å². The highest BCUT2D eigenvalue weighted by Gasteiger charge is 2.15. The van der Waals surface area contributed by atoms with Gasteiger partial charge in [-0.2, -0.15) is 0 Å². The highest BCUT2D eigenvalue weighted by molar-refractivity contribution is 5.94. The lowest BCUT2D eigenvalue weighted by molar-refractivity contribution is 0.0918. The third-order valence-corrected chi connectivity index (χ3v) is 4.33. The number of aromatic amines is 1. The van der Waals surface area contributed by atoms with Crippen molar-refractivity contribution in [2.75, 3.05) is 45.3 Å². The SMILES string of the molecule is CN(C)c1ccc2[nH]c3c(C(=O)NCCOCCN=[N+]=[N-])cc(=O)c(=O)c=3oc2c1. The van der Waals surface area contributed by atoms with Crippen molar-refractivity contribution < 1.29 is 13.9 Å². The predicted molar refractivity (Wildman–Crippen MR) is 110 cm³/mol. The van der Waals surface area contributed by atoms with Gasteiger partial charge in [0.25, 0.3) is 11.3 Å². The number of benzene rings is 1. The van der Waals surface area contributed by atoms with Crippen LogP contribution in [0.1, 0.15) is 10.4 Å². The fourth-order valence-electron chi connectivity index (χ4n) is 2.82. The number of carbonyl (C=O) groups is 1. The minimum Gasteiger partial charge on any atom is -0.449 e. The normalized spacial score (nSPS) is 10.7. The number of anilines is 1. The quantitative estimate of drug-likeness (QED) is 0.187. The van der Waals surface area contributed by atoms with Gasteiger partial charge in [0, 0.05) is 49.9 Å². The molecule has 1 aliphatic carbocycles. The Balaban J connectivity index is 1.93. The number of ether oxygens (including phenoxy) is 1. The lowest BCUT2D eigenvalue weighted by atomic mass is 10.2. The summed E-state index contributed by atoms with van der Waals surface area (Å²) < 4.78 is 10.9. The Hall–Kier alpha value is -3.82. The zero-order chi connectivity index (χ0) is 21.7. The number of fused-ring (bicyclic) bond motifs is 1. The smallest absolute Gasteiger partial charge is 0.270 e. The summed E-state index contributed by atoms with van der Waals surface area (Å²) in [5.41, 5.74) is 8.13. The van der Waals surface area contributed by atoms with Gasteiger partial charge < -0.3 is 24.4 Å². The Morgan fingerprint density at radius 2 is 2.10 bits per heavy atom. The number of amides is 1. The second-order valence-electron chi connectivity index (χ2n) is 6.58. The molecule has 1 aliphatic heterocycles. The van der Waals surface area contributed by atoms with Gasteiger partial charge in [-0.25, -0.2) is 0 Å². The molecule has 0 spiro atoms. The first kappa shape index (κ1) is 20.9. The molecule has 0 unspecified atom stereocenters. The number of carbonyl (C=O) groups excluding carboxylic acids is 1. The molecular weight excluding hydrogens is 392 g/mol. The molecule has 1 aromatic rings. The first-order chi connectivity index (χ1) is 14.4. The molecule has 0 aromatic heterocycles. The fraction of sp³-hybridized carbons (Fsp3) is 0.316. The number of hydrogen-bond acceptors (Lipinski definition) is 7. The topological polar surface area (TPSA) is 153 Å². The van der Waals surface area contributed by atoms with Gasteiger partial charge in [-0.05, 0) is 17.7 Å². The maximum atomic E-state index is 12.6. The highest BCUT2D eigenvalue weighted by atomic mass is 16.5. The van der Waals surface area contributed by atoms with Gasteiger partial charge in [0.05, 0.1) is 29.6 Å². The van der Waals surface area contributed by atoms with Crippen LogP contribution in [0.3, 0.4) is 0 Å². The van der Waals surface area contributed by atoms with Gasteiger partial charge in [0.1, 0.15) is 0 Å². The molecular formula is C19H20N6O5. The average Bonchev–Trinajstić information content (AvgIpc) is 2.74. The zero-order valence-electron chi connectivity index (χ0n) is 16.5. The summed E-state index contributed by atoms with van der Waals surface area (Å²) in [4.78, 5) is 44.5. The second-order valence-corrected chi connectivity index (χ2v) is 6.58. The maximum Gasteiger partial charge on any atom is 0.270 e. The molecule has 0 bridgehead atoms. The minimum absolute atomic E-state index is 0.00557. The van der Waals surface area contributed by atoms with Crippen molar-refractivity contribution in [3.63, 3.8) is 0 Å². The van der Waals surface area contributed by atoms with Gasteiger partial charge in [-0.15, -0.1) is 0 Å². The van der Waals surface area contributed by atoms with Crippen LogP contribution in [0.25, 0.3) is 21.5 Å². The van der Waals surface area contributed by atoms with Crippen LogP contribution in [-0.2, 0) is 4.74 Å². The summed E-state index contributed by atoms with van der Waals surface area (Å²) in [7, 11) is 3.73. The fourth-order valence-corrected chi connectivity index (χ4v) is 2.82. The molecule has 1 amide bonds. The van der Waals surface area contributed by atoms with Crippen LogP contribution in [0, 0.1) is 10.8 Å². The number of rotatable bonds is 8. The Bertz CT molecular complexity index is 1310. The third kappa shape index (κ3) is 4.43. The maximum absolute atomic E-state index is 12.6. The molecule has 0 fully saturated rings. The summed E-state index contributed by atoms with van der Waals surface area (Å²) in [6.45, 7) is 0.782. The Kier molecular flexibility index (Phi) is 6.35. The molecule has 0 atom stereocenters. The number of hydrogen-bond donors (Lipinski definition) is 2. The van der Waals surface area contributed by atoms with Crippen molar-refractivity contribution in [2.45, 2.75) is 0 Å². The summed E-state index contributed by atoms with van der Waals surface area (Å²) in [5, 5.41) is 6.10. The molecule has 0 saturated heterocycles. The average molecular weight is 412 g/mol. The molecule has 0 radical (unpaired) electrons. The Morgan fingerprint density at radius 1 is 1.30 bits per heavy atom. The van der Waals surface area contributed by atoms with Crippen molar-refractivity contribution in [3.05, 3.63) is 71.5 Å². The van der Waals surface area contributed by atoms with E-state index in [1.807, 2.05) is 25.1 Å². The van der Waals surface area contributed by atoms with Crippen molar-refractivity contribution in [1.82, 2.24) is 10.3 Å². The monoisotopic (exact) mass is 412 g/mol. The molecule has 0 saturated carbocycles. The summed E-state index contributed by atoms with van der Waals surface area (Å²) in [6.07, 6.45) is 0. The van der Waals surface area contributed by atoms with Crippen molar-refractivity contribution in [1.29, 1.82) is 0 Å². The van der Waals surface area contributed by atoms with Crippen molar-refractivity contribution in [2.24, 2.45) is 5.11 Å². The van der Waals surface area contributed by atoms with E-state index in [2.05, 4.69) is 20.3 Å². The van der Waals surface area contributed by atoms with Crippen molar-refractivity contribution in [3.8, 4) is 0 Å². The Labute approximate surface area is 169 Å². The van der Waals surface area contributed by atoms with Gasteiger partial charge >= 0.3 is 0 Å². The highest BCUT2D eigenvalue weighted by Crippen LogP contribution is 2.20. The first-order valence-electron chi connectivity index (χ1n) is 9.10. The summed E-state index contributed by atoms with van der Waals surface area (Å²) >= 11 is 0. The van der Waals surface area contributed by atoms with Crippen LogP contribution in [0.5, 0.6) is 0 Å². The van der Waals surface area contributed by atoms with Crippen LogP contribution < -0.4 is 21.1 Å². The zero-order valence-corrected chi connectivity index (χ0v) is 16.5. The lowest BCUT2D eigenvalue weighted by Gasteiger charge is -2.13. The van der Waals surface area contributed by atoms with E-state index in [1.165, 1.54) is 0 Å². The molecule has 2 N–H and O–H groups in total. The van der Waals surface area contributed by atoms with E-state index in [-0.39, 0.29) is 42.6 Å². The summed E-state index contributed by atoms with van der Waals surface area (Å²) in [5.74, 6) is -0.550. The molecule has 30 heavy (non-hydrogen) atoms. The Morgan fingerprint density at radius 3 is 2.83 bits per heavy atom. The van der Waals surface area contributed by atoms with E-state index < -0.39 is 16.8 Å². The molecule has 11 nitrogen and oxygen atoms in total. The van der Waals surface area contributed by atoms with Crippen LogP contribution >= 0.6 is 0 Å². The number of azide groups is 1. The van der Waals surface area contributed by atoms with Gasteiger partial charge in [-0.3, -0.25) is 14.4 Å². The van der Waals surface area contributed by atoms with Crippen LogP contribution in [0.2, 0.25) is 0 Å². The van der Waals surface area contributed by atoms with Gasteiger partial charge in [0.2, 0.25) is 10.8 Å². The van der Waals surface area contributed by atoms with E-state index in [0.717, 1.165) is 11.8 Å². The number of aromatic nitrogens is 1. The molecule has 1 aromatic carbocycles. The van der Waals surface area contributed by atoms with E-state index in [4.69, 9.17) is 14.7 Å². The third-order valence-electron chi connectivity index (χ3n) is 4.33. The number of H-pyrrole nitrogens is 1. The molecule has 2 aliphatic rings. The molecule has 1 heterocycles. The predicted octanol–water partition coefficient (Wildman–Crippen LogP) is 1.33. The minimum atomic E-state index is -0.835. The molecule has 3 rings (SSSR count). The molecule has 11 heteroatoms. The number of nitrogens with one attached hydrogen (secondary N) is 2. The largest absolute Gasteiger partial charge is 0.449 e. The van der Waals surface area contributed by atoms with Crippen LogP contribution in [-0.4, -0.2) is 51.3 Å². The lowest BCUT2D eigenvalue weighted by Crippen LogP contribution is -2.32. The van der Waals surface area contributed by atoms with Crippen LogP contribution in [0.15, 0.2) is 43.4 Å². The van der Waals surface area contributed by atoms with Gasteiger partial charge in [-0.1, -0.05) is 5.11 Å². The van der Waals surface area contributed by atoms with Crippen LogP contribution in [0.4, 0.5) is 5.69 Å². The first-order valence-corrected chi connectivity index (χ1v) is 9.10. The van der Waals surface area contributed by atoms with E-state index in [1.54, 1.807) is 12.1 Å². The van der Waals surface area contributed by atoms with E-state index in [9.17, 15) is 14.4 Å². The number of nitrogens with zero attached hydrogens (tertiary/aromatic N) is 4.